The molecule has 4 atom stereocenters. The van der Waals surface area contributed by atoms with Gasteiger partial charge < -0.3 is 20.1 Å². The van der Waals surface area contributed by atoms with Crippen LogP contribution in [0.2, 0.25) is 0 Å². The summed E-state index contributed by atoms with van der Waals surface area (Å²) in [7, 11) is 0. The summed E-state index contributed by atoms with van der Waals surface area (Å²) in [5.74, 6) is -0.636. The number of rotatable bonds is 3. The molecule has 1 saturated heterocycles. The van der Waals surface area contributed by atoms with Crippen LogP contribution in [-0.4, -0.2) is 58.9 Å². The Morgan fingerprint density at radius 2 is 2.17 bits per heavy atom. The molecule has 0 bridgehead atoms. The van der Waals surface area contributed by atoms with Crippen molar-refractivity contribution in [2.75, 3.05) is 13.2 Å². The Morgan fingerprint density at radius 3 is 2.72 bits per heavy atom. The van der Waals surface area contributed by atoms with Crippen molar-refractivity contribution >= 4 is 11.9 Å². The number of quaternary nitrogens is 1. The highest BCUT2D eigenvalue weighted by atomic mass is 16.5. The molecule has 8 nitrogen and oxygen atoms in total. The largest absolute Gasteiger partial charge is 0.428 e. The lowest BCUT2D eigenvalue weighted by Crippen LogP contribution is -3.17. The fraction of sp³-hybridized carbons (Fsp3) is 0.600. The maximum atomic E-state index is 11.6. The average Bonchev–Trinajstić information content (AvgIpc) is 2.70. The highest BCUT2D eigenvalue weighted by molar-refractivity contribution is 6.03. The zero-order chi connectivity index (χ0) is 13.3. The number of urea groups is 1. The highest BCUT2D eigenvalue weighted by Crippen LogP contribution is 2.16. The molecule has 2 aliphatic heterocycles. The summed E-state index contributed by atoms with van der Waals surface area (Å²) in [5.41, 5.74) is 0.0649. The molecule has 8 heteroatoms. The molecular weight excluding hydrogens is 244 g/mol. The Kier molecular flexibility index (Phi) is 3.73. The molecule has 4 unspecified atom stereocenters. The van der Waals surface area contributed by atoms with Gasteiger partial charge in [0.05, 0.1) is 31.3 Å². The van der Waals surface area contributed by atoms with E-state index in [0.717, 1.165) is 0 Å². The lowest BCUT2D eigenvalue weighted by atomic mass is 10.2. The van der Waals surface area contributed by atoms with E-state index in [1.165, 1.54) is 6.20 Å². The van der Waals surface area contributed by atoms with Crippen LogP contribution in [0.25, 0.3) is 0 Å². The van der Waals surface area contributed by atoms with Crippen molar-refractivity contribution in [2.45, 2.75) is 24.9 Å². The molecule has 0 aromatic rings. The van der Waals surface area contributed by atoms with Crippen LogP contribution in [0, 0.1) is 0 Å². The van der Waals surface area contributed by atoms with Crippen molar-refractivity contribution in [3.63, 3.8) is 0 Å². The molecular formula is C10H15N2O6+. The summed E-state index contributed by atoms with van der Waals surface area (Å²) in [6, 6.07) is -0.604. The Bertz CT molecular complexity index is 396. The van der Waals surface area contributed by atoms with Crippen molar-refractivity contribution in [3.05, 3.63) is 11.8 Å². The van der Waals surface area contributed by atoms with Gasteiger partial charge in [-0.05, 0) is 0 Å². The van der Waals surface area contributed by atoms with Gasteiger partial charge in [-0.15, -0.1) is 0 Å². The van der Waals surface area contributed by atoms with E-state index < -0.39 is 37.0 Å². The van der Waals surface area contributed by atoms with Crippen LogP contribution in [-0.2, 0) is 9.53 Å². The van der Waals surface area contributed by atoms with E-state index in [-0.39, 0.29) is 23.5 Å². The average molecular weight is 259 g/mol. The van der Waals surface area contributed by atoms with Crippen molar-refractivity contribution in [1.82, 2.24) is 5.32 Å². The number of aliphatic hydroxyl groups excluding tert-OH is 3. The van der Waals surface area contributed by atoms with Crippen LogP contribution in [0.3, 0.4) is 0 Å². The van der Waals surface area contributed by atoms with E-state index in [0.29, 0.717) is 0 Å². The number of amides is 3. The quantitative estimate of drug-likeness (QED) is 0.358. The van der Waals surface area contributed by atoms with Crippen LogP contribution in [0.5, 0.6) is 0 Å². The van der Waals surface area contributed by atoms with Crippen molar-refractivity contribution in [2.24, 2.45) is 0 Å². The molecule has 0 aromatic carbocycles. The van der Waals surface area contributed by atoms with E-state index in [1.807, 2.05) is 0 Å². The van der Waals surface area contributed by atoms with Gasteiger partial charge in [0, 0.05) is 0 Å². The third kappa shape index (κ3) is 2.28. The molecule has 0 saturated carbocycles. The first-order chi connectivity index (χ1) is 8.56. The predicted molar refractivity (Wildman–Crippen MR) is 56.0 cm³/mol. The third-order valence-corrected chi connectivity index (χ3v) is 3.03. The maximum absolute atomic E-state index is 11.6. The molecule has 100 valence electrons. The maximum Gasteiger partial charge on any atom is 0.428 e. The van der Waals surface area contributed by atoms with Crippen LogP contribution >= 0.6 is 0 Å². The molecule has 3 amide bonds. The van der Waals surface area contributed by atoms with E-state index >= 15 is 0 Å². The zero-order valence-corrected chi connectivity index (χ0v) is 9.50. The van der Waals surface area contributed by atoms with Crippen LogP contribution in [0.15, 0.2) is 11.8 Å². The summed E-state index contributed by atoms with van der Waals surface area (Å²) in [6.45, 7) is -0.830. The lowest BCUT2D eigenvalue weighted by molar-refractivity contribution is -0.818. The second-order valence-electron chi connectivity index (χ2n) is 4.22. The Morgan fingerprint density at radius 1 is 1.44 bits per heavy atom. The van der Waals surface area contributed by atoms with Gasteiger partial charge in [-0.1, -0.05) is 0 Å². The number of hydrogen-bond acceptors (Lipinski definition) is 6. The first-order valence-corrected chi connectivity index (χ1v) is 5.55. The fourth-order valence-electron chi connectivity index (χ4n) is 2.02. The number of carbonyl (C=O) groups is 2. The normalized spacial score (nSPS) is 36.5. The SMILES string of the molecule is O=C1NC(=O)[NH+](C2CC(O)C(CO)O2)C=C1CO. The Hall–Kier alpha value is -1.32. The predicted octanol–water partition coefficient (Wildman–Crippen LogP) is -3.53. The van der Waals surface area contributed by atoms with Crippen LogP contribution in [0.1, 0.15) is 6.42 Å². The fourth-order valence-corrected chi connectivity index (χ4v) is 2.02. The highest BCUT2D eigenvalue weighted by Gasteiger charge is 2.44. The lowest BCUT2D eigenvalue weighted by Gasteiger charge is -2.23. The molecule has 0 radical (unpaired) electrons. The molecule has 2 rings (SSSR count). The number of hydrogen-bond donors (Lipinski definition) is 5. The van der Waals surface area contributed by atoms with Crippen LogP contribution in [0.4, 0.5) is 4.79 Å². The summed E-state index contributed by atoms with van der Waals surface area (Å²) >= 11 is 0. The van der Waals surface area contributed by atoms with E-state index in [2.05, 4.69) is 5.32 Å². The summed E-state index contributed by atoms with van der Waals surface area (Å²) in [5, 5.41) is 29.6. The molecule has 0 aliphatic carbocycles. The van der Waals surface area contributed by atoms with Crippen LogP contribution < -0.4 is 10.2 Å². The standard InChI is InChI=1S/C10H14N2O6/c13-3-5-2-12(10(17)11-9(5)16)8-1-6(15)7(4-14)18-8/h2,6-8,13-15H,1,3-4H2,(H,11,16,17)/p+1. The number of aliphatic hydroxyl groups is 3. The first-order valence-electron chi connectivity index (χ1n) is 5.55. The number of imide groups is 1. The van der Waals surface area contributed by atoms with E-state index in [4.69, 9.17) is 14.9 Å². The van der Waals surface area contributed by atoms with Crippen molar-refractivity contribution in [3.8, 4) is 0 Å². The van der Waals surface area contributed by atoms with Gasteiger partial charge in [-0.25, -0.2) is 10.1 Å². The van der Waals surface area contributed by atoms with Gasteiger partial charge in [0.25, 0.3) is 5.91 Å². The van der Waals surface area contributed by atoms with Gasteiger partial charge in [-0.2, -0.15) is 4.90 Å². The molecule has 0 aromatic heterocycles. The Labute approximate surface area is 102 Å². The summed E-state index contributed by atoms with van der Waals surface area (Å²) in [4.78, 5) is 23.1. The van der Waals surface area contributed by atoms with Gasteiger partial charge in [0.15, 0.2) is 0 Å². The van der Waals surface area contributed by atoms with Gasteiger partial charge >= 0.3 is 6.03 Å². The van der Waals surface area contributed by atoms with Crippen molar-refractivity contribution < 1.29 is 34.5 Å². The Balaban J connectivity index is 2.15. The molecule has 0 spiro atoms. The van der Waals surface area contributed by atoms with Gasteiger partial charge in [0.2, 0.25) is 6.23 Å². The van der Waals surface area contributed by atoms with Gasteiger partial charge in [-0.3, -0.25) is 4.79 Å². The first kappa shape index (κ1) is 13.1. The smallest absolute Gasteiger partial charge is 0.394 e. The topological polar surface area (TPSA) is 121 Å². The third-order valence-electron chi connectivity index (χ3n) is 3.03. The minimum atomic E-state index is -0.857. The minimum absolute atomic E-state index is 0.0649. The molecule has 18 heavy (non-hydrogen) atoms. The molecule has 2 aliphatic rings. The number of ether oxygens (including phenoxy) is 1. The molecule has 2 heterocycles. The minimum Gasteiger partial charge on any atom is -0.394 e. The summed E-state index contributed by atoms with van der Waals surface area (Å²) < 4.78 is 5.33. The number of nitrogens with one attached hydrogen (secondary N) is 2. The second kappa shape index (κ2) is 5.12. The van der Waals surface area contributed by atoms with E-state index in [1.54, 1.807) is 0 Å². The van der Waals surface area contributed by atoms with Crippen molar-refractivity contribution in [1.29, 1.82) is 0 Å². The summed E-state index contributed by atoms with van der Waals surface area (Å²) in [6.07, 6.45) is -0.843. The molecule has 1 fully saturated rings. The monoisotopic (exact) mass is 259 g/mol. The molecule has 5 N–H and O–H groups in total. The number of carbonyl (C=O) groups excluding carboxylic acids is 2. The van der Waals surface area contributed by atoms with Gasteiger partial charge in [0.1, 0.15) is 12.3 Å². The van der Waals surface area contributed by atoms with E-state index in [9.17, 15) is 14.7 Å². The zero-order valence-electron chi connectivity index (χ0n) is 9.50. The second-order valence-corrected chi connectivity index (χ2v) is 4.22.